The van der Waals surface area contributed by atoms with Gasteiger partial charge in [0.05, 0.1) is 12.6 Å². The summed E-state index contributed by atoms with van der Waals surface area (Å²) in [7, 11) is 5.99. The van der Waals surface area contributed by atoms with Crippen molar-refractivity contribution in [3.8, 4) is 0 Å². The van der Waals surface area contributed by atoms with Crippen molar-refractivity contribution in [1.29, 1.82) is 0 Å². The van der Waals surface area contributed by atoms with E-state index in [1.54, 1.807) is 7.11 Å². The van der Waals surface area contributed by atoms with Crippen LogP contribution in [0.25, 0.3) is 0 Å². The molecule has 1 saturated carbocycles. The van der Waals surface area contributed by atoms with Crippen LogP contribution >= 0.6 is 0 Å². The van der Waals surface area contributed by atoms with Crippen LogP contribution in [0.3, 0.4) is 0 Å². The first-order valence-electron chi connectivity index (χ1n) is 5.30. The average molecular weight is 201 g/mol. The fraction of sp³-hybridized carbons (Fsp3) is 1.00. The number of nitrogens with zero attached hydrogens (tertiary/aromatic N) is 1. The van der Waals surface area contributed by atoms with Gasteiger partial charge in [-0.15, -0.1) is 0 Å². The summed E-state index contributed by atoms with van der Waals surface area (Å²) in [5.74, 6) is 5.60. The van der Waals surface area contributed by atoms with Crippen LogP contribution in [0, 0.1) is 0 Å². The molecule has 84 valence electrons. The van der Waals surface area contributed by atoms with Gasteiger partial charge in [-0.05, 0) is 26.9 Å². The average Bonchev–Trinajstić information content (AvgIpc) is 2.64. The van der Waals surface area contributed by atoms with E-state index in [-0.39, 0.29) is 11.6 Å². The Balaban J connectivity index is 2.73. The van der Waals surface area contributed by atoms with Crippen molar-refractivity contribution in [3.63, 3.8) is 0 Å². The molecule has 1 fully saturated rings. The number of hydrogen-bond acceptors (Lipinski definition) is 4. The van der Waals surface area contributed by atoms with Gasteiger partial charge in [-0.25, -0.2) is 0 Å². The molecule has 0 aromatic carbocycles. The Labute approximate surface area is 86.8 Å². The predicted molar refractivity (Wildman–Crippen MR) is 57.9 cm³/mol. The molecule has 1 unspecified atom stereocenters. The molecule has 1 atom stereocenters. The van der Waals surface area contributed by atoms with Crippen LogP contribution in [0.1, 0.15) is 25.7 Å². The quantitative estimate of drug-likeness (QED) is 0.497. The van der Waals surface area contributed by atoms with Gasteiger partial charge in [0.1, 0.15) is 0 Å². The molecular formula is C10H23N3O. The Morgan fingerprint density at radius 1 is 1.43 bits per heavy atom. The Morgan fingerprint density at radius 2 is 2.00 bits per heavy atom. The minimum Gasteiger partial charge on any atom is -0.383 e. The first-order valence-corrected chi connectivity index (χ1v) is 5.30. The number of methoxy groups -OCH3 is 1. The van der Waals surface area contributed by atoms with Gasteiger partial charge in [-0.2, -0.15) is 0 Å². The minimum atomic E-state index is 0.185. The van der Waals surface area contributed by atoms with E-state index >= 15 is 0 Å². The maximum absolute atomic E-state index is 5.60. The van der Waals surface area contributed by atoms with Crippen LogP contribution in [-0.4, -0.2) is 44.3 Å². The van der Waals surface area contributed by atoms with E-state index in [4.69, 9.17) is 10.6 Å². The number of nitrogens with two attached hydrogens (primary N) is 1. The Bertz CT molecular complexity index is 167. The lowest BCUT2D eigenvalue weighted by Gasteiger charge is -2.42. The van der Waals surface area contributed by atoms with Gasteiger partial charge in [-0.3, -0.25) is 11.3 Å². The molecule has 0 aromatic heterocycles. The van der Waals surface area contributed by atoms with Gasteiger partial charge in [-0.1, -0.05) is 12.8 Å². The molecule has 0 bridgehead atoms. The van der Waals surface area contributed by atoms with E-state index in [1.165, 1.54) is 25.7 Å². The lowest BCUT2D eigenvalue weighted by molar-refractivity contribution is 0.0517. The standard InChI is InChI=1S/C10H23N3O/c1-13(2)10(6-4-5-7-10)9(12-11)8-14-3/h9,12H,4-8,11H2,1-3H3. The molecule has 4 nitrogen and oxygen atoms in total. The lowest BCUT2D eigenvalue weighted by Crippen LogP contribution is -2.61. The van der Waals surface area contributed by atoms with Crippen molar-refractivity contribution < 1.29 is 4.74 Å². The molecule has 1 aliphatic carbocycles. The molecule has 0 radical (unpaired) electrons. The van der Waals surface area contributed by atoms with Crippen LogP contribution < -0.4 is 11.3 Å². The second-order valence-electron chi connectivity index (χ2n) is 4.38. The van der Waals surface area contributed by atoms with E-state index < -0.39 is 0 Å². The van der Waals surface area contributed by atoms with Gasteiger partial charge in [0, 0.05) is 12.6 Å². The minimum absolute atomic E-state index is 0.185. The number of hydrazine groups is 1. The third-order valence-electron chi connectivity index (χ3n) is 3.54. The Morgan fingerprint density at radius 3 is 2.36 bits per heavy atom. The van der Waals surface area contributed by atoms with E-state index in [0.717, 1.165) is 0 Å². The first-order chi connectivity index (χ1) is 6.67. The maximum atomic E-state index is 5.60. The van der Waals surface area contributed by atoms with E-state index in [1.807, 2.05) is 0 Å². The molecule has 0 saturated heterocycles. The zero-order valence-corrected chi connectivity index (χ0v) is 9.55. The SMILES string of the molecule is COCC(NN)C1(N(C)C)CCCC1. The number of likely N-dealkylation sites (N-methyl/N-ethyl adjacent to an activating group) is 1. The highest BCUT2D eigenvalue weighted by Crippen LogP contribution is 2.36. The van der Waals surface area contributed by atoms with Gasteiger partial charge in [0.15, 0.2) is 0 Å². The van der Waals surface area contributed by atoms with E-state index in [9.17, 15) is 0 Å². The monoisotopic (exact) mass is 201 g/mol. The van der Waals surface area contributed by atoms with Crippen molar-refractivity contribution >= 4 is 0 Å². The normalized spacial score (nSPS) is 22.9. The Hall–Kier alpha value is -0.160. The summed E-state index contributed by atoms with van der Waals surface area (Å²) in [6.07, 6.45) is 5.00. The number of rotatable bonds is 5. The second kappa shape index (κ2) is 5.07. The molecule has 1 aliphatic rings. The molecule has 1 rings (SSSR count). The summed E-state index contributed by atoms with van der Waals surface area (Å²) < 4.78 is 5.21. The predicted octanol–water partition coefficient (Wildman–Crippen LogP) is 0.339. The number of ether oxygens (including phenoxy) is 1. The number of nitrogens with one attached hydrogen (secondary N) is 1. The van der Waals surface area contributed by atoms with E-state index in [2.05, 4.69) is 24.4 Å². The lowest BCUT2D eigenvalue weighted by atomic mass is 9.87. The molecule has 0 aromatic rings. The van der Waals surface area contributed by atoms with Gasteiger partial charge in [0.25, 0.3) is 0 Å². The largest absolute Gasteiger partial charge is 0.383 e. The van der Waals surface area contributed by atoms with Crippen molar-refractivity contribution in [2.24, 2.45) is 5.84 Å². The summed E-state index contributed by atoms with van der Waals surface area (Å²) in [6.45, 7) is 0.675. The second-order valence-corrected chi connectivity index (χ2v) is 4.38. The van der Waals surface area contributed by atoms with E-state index in [0.29, 0.717) is 6.61 Å². The Kier molecular flexibility index (Phi) is 4.31. The van der Waals surface area contributed by atoms with Crippen LogP contribution in [0.15, 0.2) is 0 Å². The van der Waals surface area contributed by atoms with Crippen molar-refractivity contribution in [2.45, 2.75) is 37.3 Å². The first kappa shape index (κ1) is 11.9. The fourth-order valence-corrected chi connectivity index (χ4v) is 2.62. The topological polar surface area (TPSA) is 50.5 Å². The third kappa shape index (κ3) is 2.08. The summed E-state index contributed by atoms with van der Waals surface area (Å²) >= 11 is 0. The smallest absolute Gasteiger partial charge is 0.0647 e. The molecule has 4 heteroatoms. The van der Waals surface area contributed by atoms with Crippen LogP contribution in [-0.2, 0) is 4.74 Å². The number of hydrogen-bond donors (Lipinski definition) is 2. The molecule has 0 heterocycles. The molecular weight excluding hydrogens is 178 g/mol. The van der Waals surface area contributed by atoms with Crippen molar-refractivity contribution in [1.82, 2.24) is 10.3 Å². The summed E-state index contributed by atoms with van der Waals surface area (Å²) in [5.41, 5.74) is 3.09. The van der Waals surface area contributed by atoms with Crippen LogP contribution in [0.5, 0.6) is 0 Å². The van der Waals surface area contributed by atoms with Gasteiger partial charge >= 0.3 is 0 Å². The maximum Gasteiger partial charge on any atom is 0.0647 e. The summed E-state index contributed by atoms with van der Waals surface area (Å²) in [5, 5.41) is 0. The zero-order chi connectivity index (χ0) is 10.6. The molecule has 14 heavy (non-hydrogen) atoms. The fourth-order valence-electron chi connectivity index (χ4n) is 2.62. The third-order valence-corrected chi connectivity index (χ3v) is 3.54. The van der Waals surface area contributed by atoms with Gasteiger partial charge < -0.3 is 9.64 Å². The van der Waals surface area contributed by atoms with Crippen molar-refractivity contribution in [3.05, 3.63) is 0 Å². The highest BCUT2D eigenvalue weighted by Gasteiger charge is 2.42. The molecule has 0 amide bonds. The molecule has 3 N–H and O–H groups in total. The van der Waals surface area contributed by atoms with Crippen molar-refractivity contribution in [2.75, 3.05) is 27.8 Å². The van der Waals surface area contributed by atoms with Crippen LogP contribution in [0.2, 0.25) is 0 Å². The summed E-state index contributed by atoms with van der Waals surface area (Å²) in [6, 6.07) is 0.227. The molecule has 0 aliphatic heterocycles. The highest BCUT2D eigenvalue weighted by atomic mass is 16.5. The summed E-state index contributed by atoms with van der Waals surface area (Å²) in [4.78, 5) is 2.30. The molecule has 0 spiro atoms. The highest BCUT2D eigenvalue weighted by molar-refractivity contribution is 5.01. The van der Waals surface area contributed by atoms with Gasteiger partial charge in [0.2, 0.25) is 0 Å². The zero-order valence-electron chi connectivity index (χ0n) is 9.55. The van der Waals surface area contributed by atoms with Crippen LogP contribution in [0.4, 0.5) is 0 Å².